The van der Waals surface area contributed by atoms with Crippen LogP contribution in [0.4, 0.5) is 0 Å². The number of rotatable bonds is 3. The summed E-state index contributed by atoms with van der Waals surface area (Å²) in [7, 11) is 0. The maximum Gasteiger partial charge on any atom is 0.305 e. The third kappa shape index (κ3) is 4.17. The van der Waals surface area contributed by atoms with E-state index in [4.69, 9.17) is 18.9 Å². The molecule has 0 amide bonds. The standard InChI is InChI=1S/C12H18O8/c1-5-9(16)10(18-6(2)13)11(19-7(3)14)12(17-5)20-8(4)15/h5,9-12,16H,1-4H3/t5-,9+,10-,11-,12+/m1/s1. The summed E-state index contributed by atoms with van der Waals surface area (Å²) in [5, 5.41) is 9.99. The van der Waals surface area contributed by atoms with Gasteiger partial charge in [-0.3, -0.25) is 14.4 Å². The molecule has 1 aliphatic rings. The average Bonchev–Trinajstić information content (AvgIpc) is 2.28. The van der Waals surface area contributed by atoms with Crippen molar-refractivity contribution in [2.75, 3.05) is 0 Å². The zero-order chi connectivity index (χ0) is 15.4. The highest BCUT2D eigenvalue weighted by molar-refractivity contribution is 5.68. The second-order valence-corrected chi connectivity index (χ2v) is 4.46. The summed E-state index contributed by atoms with van der Waals surface area (Å²) in [5.74, 6) is -2.01. The molecular formula is C12H18O8. The van der Waals surface area contributed by atoms with Crippen LogP contribution in [0.25, 0.3) is 0 Å². The number of ether oxygens (including phenoxy) is 4. The normalized spacial score (nSPS) is 33.1. The molecule has 0 aliphatic carbocycles. The van der Waals surface area contributed by atoms with Gasteiger partial charge in [0.05, 0.1) is 6.10 Å². The van der Waals surface area contributed by atoms with E-state index in [1.807, 2.05) is 0 Å². The highest BCUT2D eigenvalue weighted by atomic mass is 16.7. The predicted octanol–water partition coefficient (Wildman–Crippen LogP) is -0.481. The van der Waals surface area contributed by atoms with E-state index in [0.717, 1.165) is 20.8 Å². The van der Waals surface area contributed by atoms with Gasteiger partial charge in [0.25, 0.3) is 0 Å². The maximum atomic E-state index is 11.1. The van der Waals surface area contributed by atoms with Crippen molar-refractivity contribution in [2.24, 2.45) is 0 Å². The Bertz CT molecular complexity index is 393. The second kappa shape index (κ2) is 6.67. The molecule has 0 bridgehead atoms. The molecule has 20 heavy (non-hydrogen) atoms. The Labute approximate surface area is 115 Å². The summed E-state index contributed by atoms with van der Waals surface area (Å²) in [6.45, 7) is 4.96. The molecule has 0 spiro atoms. The monoisotopic (exact) mass is 290 g/mol. The summed E-state index contributed by atoms with van der Waals surface area (Å²) >= 11 is 0. The summed E-state index contributed by atoms with van der Waals surface area (Å²) in [6.07, 6.45) is -5.64. The van der Waals surface area contributed by atoms with Crippen LogP contribution in [0.15, 0.2) is 0 Å². The molecule has 0 aromatic rings. The fourth-order valence-electron chi connectivity index (χ4n) is 1.89. The molecule has 0 aromatic heterocycles. The summed E-state index contributed by atoms with van der Waals surface area (Å²) in [5.41, 5.74) is 0. The lowest BCUT2D eigenvalue weighted by Crippen LogP contribution is -2.60. The second-order valence-electron chi connectivity index (χ2n) is 4.46. The van der Waals surface area contributed by atoms with Gasteiger partial charge >= 0.3 is 17.9 Å². The van der Waals surface area contributed by atoms with E-state index in [1.54, 1.807) is 0 Å². The van der Waals surface area contributed by atoms with Crippen LogP contribution in [0.2, 0.25) is 0 Å². The predicted molar refractivity (Wildman–Crippen MR) is 63.2 cm³/mol. The number of aliphatic hydroxyl groups excluding tert-OH is 1. The molecule has 0 radical (unpaired) electrons. The number of esters is 3. The third-order valence-electron chi connectivity index (χ3n) is 2.64. The smallest absolute Gasteiger partial charge is 0.305 e. The first kappa shape index (κ1) is 16.4. The van der Waals surface area contributed by atoms with Crippen LogP contribution in [0.5, 0.6) is 0 Å². The summed E-state index contributed by atoms with van der Waals surface area (Å²) in [4.78, 5) is 33.3. The Hall–Kier alpha value is -1.67. The van der Waals surface area contributed by atoms with Gasteiger partial charge in [-0.15, -0.1) is 0 Å². The highest BCUT2D eigenvalue weighted by Gasteiger charge is 2.49. The minimum Gasteiger partial charge on any atom is -0.455 e. The van der Waals surface area contributed by atoms with E-state index in [9.17, 15) is 19.5 Å². The molecule has 1 aliphatic heterocycles. The van der Waals surface area contributed by atoms with Gasteiger partial charge in [-0.1, -0.05) is 0 Å². The van der Waals surface area contributed by atoms with E-state index >= 15 is 0 Å². The number of carbonyl (C=O) groups is 3. The number of hydrogen-bond donors (Lipinski definition) is 1. The number of hydrogen-bond acceptors (Lipinski definition) is 8. The Kier molecular flexibility index (Phi) is 5.46. The molecule has 1 N–H and O–H groups in total. The Morgan fingerprint density at radius 1 is 0.900 bits per heavy atom. The van der Waals surface area contributed by atoms with Gasteiger partial charge in [0.1, 0.15) is 6.10 Å². The molecule has 0 saturated carbocycles. The number of aliphatic hydroxyl groups is 1. The minimum absolute atomic E-state index is 0.655. The summed E-state index contributed by atoms with van der Waals surface area (Å²) in [6, 6.07) is 0. The van der Waals surface area contributed by atoms with Gasteiger partial charge in [0.15, 0.2) is 6.10 Å². The van der Waals surface area contributed by atoms with Crippen molar-refractivity contribution in [3.8, 4) is 0 Å². The van der Waals surface area contributed by atoms with E-state index in [2.05, 4.69) is 0 Å². The fraction of sp³-hybridized carbons (Fsp3) is 0.750. The Morgan fingerprint density at radius 2 is 1.35 bits per heavy atom. The van der Waals surface area contributed by atoms with Crippen molar-refractivity contribution in [2.45, 2.75) is 58.4 Å². The average molecular weight is 290 g/mol. The molecule has 5 atom stereocenters. The van der Waals surface area contributed by atoms with Gasteiger partial charge in [-0.05, 0) is 6.92 Å². The first-order valence-electron chi connectivity index (χ1n) is 6.07. The van der Waals surface area contributed by atoms with Crippen molar-refractivity contribution in [1.29, 1.82) is 0 Å². The van der Waals surface area contributed by atoms with Crippen molar-refractivity contribution < 1.29 is 38.4 Å². The maximum absolute atomic E-state index is 11.1. The van der Waals surface area contributed by atoms with Crippen LogP contribution in [-0.2, 0) is 33.3 Å². The van der Waals surface area contributed by atoms with Gasteiger partial charge in [-0.25, -0.2) is 0 Å². The van der Waals surface area contributed by atoms with Gasteiger partial charge in [0.2, 0.25) is 12.4 Å². The molecule has 8 heteroatoms. The third-order valence-corrected chi connectivity index (χ3v) is 2.64. The van der Waals surface area contributed by atoms with Gasteiger partial charge in [-0.2, -0.15) is 0 Å². The van der Waals surface area contributed by atoms with Crippen LogP contribution in [-0.4, -0.2) is 53.7 Å². The molecule has 1 rings (SSSR count). The quantitative estimate of drug-likeness (QED) is 0.548. The zero-order valence-corrected chi connectivity index (χ0v) is 11.7. The molecular weight excluding hydrogens is 272 g/mol. The molecule has 0 aromatic carbocycles. The van der Waals surface area contributed by atoms with Crippen LogP contribution < -0.4 is 0 Å². The zero-order valence-electron chi connectivity index (χ0n) is 11.7. The largest absolute Gasteiger partial charge is 0.455 e. The van der Waals surface area contributed by atoms with Crippen LogP contribution in [0, 0.1) is 0 Å². The Morgan fingerprint density at radius 3 is 1.80 bits per heavy atom. The van der Waals surface area contributed by atoms with E-state index in [-0.39, 0.29) is 0 Å². The minimum atomic E-state index is -1.25. The van der Waals surface area contributed by atoms with Crippen LogP contribution in [0.3, 0.4) is 0 Å². The molecule has 1 heterocycles. The number of carbonyl (C=O) groups excluding carboxylic acids is 3. The van der Waals surface area contributed by atoms with Gasteiger partial charge in [0, 0.05) is 20.8 Å². The first-order valence-corrected chi connectivity index (χ1v) is 6.07. The van der Waals surface area contributed by atoms with Crippen molar-refractivity contribution in [3.63, 3.8) is 0 Å². The van der Waals surface area contributed by atoms with Crippen molar-refractivity contribution >= 4 is 17.9 Å². The SMILES string of the molecule is CC(=O)O[C@@H]1O[C@H](C)[C@H](O)[C@@H](OC(C)=O)[C@H]1OC(C)=O. The van der Waals surface area contributed by atoms with E-state index < -0.39 is 48.6 Å². The van der Waals surface area contributed by atoms with Gasteiger partial charge < -0.3 is 24.1 Å². The van der Waals surface area contributed by atoms with E-state index in [0.29, 0.717) is 0 Å². The van der Waals surface area contributed by atoms with Crippen LogP contribution in [0.1, 0.15) is 27.7 Å². The fourth-order valence-corrected chi connectivity index (χ4v) is 1.89. The topological polar surface area (TPSA) is 108 Å². The molecule has 114 valence electrons. The molecule has 1 saturated heterocycles. The lowest BCUT2D eigenvalue weighted by Gasteiger charge is -2.41. The Balaban J connectivity index is 3.00. The van der Waals surface area contributed by atoms with Crippen molar-refractivity contribution in [1.82, 2.24) is 0 Å². The van der Waals surface area contributed by atoms with Crippen molar-refractivity contribution in [3.05, 3.63) is 0 Å². The summed E-state index contributed by atoms with van der Waals surface area (Å²) < 4.78 is 20.1. The van der Waals surface area contributed by atoms with Crippen LogP contribution >= 0.6 is 0 Å². The highest BCUT2D eigenvalue weighted by Crippen LogP contribution is 2.27. The molecule has 1 fully saturated rings. The lowest BCUT2D eigenvalue weighted by molar-refractivity contribution is -0.290. The van der Waals surface area contributed by atoms with E-state index in [1.165, 1.54) is 6.92 Å². The first-order chi connectivity index (χ1) is 9.22. The molecule has 8 nitrogen and oxygen atoms in total. The molecule has 0 unspecified atom stereocenters. The lowest BCUT2D eigenvalue weighted by atomic mass is 9.99.